The lowest BCUT2D eigenvalue weighted by atomic mass is 10.1. The van der Waals surface area contributed by atoms with E-state index in [-0.39, 0.29) is 0 Å². The number of nitrogens with zero attached hydrogens (tertiary/aromatic N) is 4. The van der Waals surface area contributed by atoms with Crippen molar-refractivity contribution in [3.8, 4) is 0 Å². The monoisotopic (exact) mass is 303 g/mol. The van der Waals surface area contributed by atoms with Crippen LogP contribution in [0, 0.1) is 0 Å². The van der Waals surface area contributed by atoms with Gasteiger partial charge in [-0.05, 0) is 25.0 Å². The van der Waals surface area contributed by atoms with Gasteiger partial charge in [0.2, 0.25) is 0 Å². The third-order valence-corrected chi connectivity index (χ3v) is 3.88. The molecule has 1 fully saturated rings. The number of nitrogens with two attached hydrogens (primary N) is 1. The molecule has 0 atom stereocenters. The van der Waals surface area contributed by atoms with E-state index in [4.69, 9.17) is 15.2 Å². The summed E-state index contributed by atoms with van der Waals surface area (Å²) in [5.41, 5.74) is 6.36. The second kappa shape index (κ2) is 6.85. The Labute approximate surface area is 129 Å². The van der Waals surface area contributed by atoms with Crippen LogP contribution in [0.3, 0.4) is 0 Å². The third kappa shape index (κ3) is 3.26. The van der Waals surface area contributed by atoms with Gasteiger partial charge in [0.25, 0.3) is 0 Å². The van der Waals surface area contributed by atoms with Gasteiger partial charge >= 0.3 is 0 Å². The average molecular weight is 303 g/mol. The van der Waals surface area contributed by atoms with E-state index in [0.717, 1.165) is 37.1 Å². The summed E-state index contributed by atoms with van der Waals surface area (Å²) in [6.07, 6.45) is 3.81. The standard InChI is InChI=1S/C15H21N5O2/c1-21-8-9-22-11-4-6-20(7-5-11)15-12-2-3-13(16)19-14(12)17-10-18-15/h2-3,10-11H,4-9H2,1H3,(H2,16,17,18,19). The van der Waals surface area contributed by atoms with Gasteiger partial charge in [0, 0.05) is 20.2 Å². The number of ether oxygens (including phenoxy) is 2. The highest BCUT2D eigenvalue weighted by Gasteiger charge is 2.22. The Bertz CT molecular complexity index is 628. The maximum atomic E-state index is 5.80. The van der Waals surface area contributed by atoms with Crippen LogP contribution in [0.2, 0.25) is 0 Å². The molecule has 0 radical (unpaired) electrons. The highest BCUT2D eigenvalue weighted by Crippen LogP contribution is 2.26. The van der Waals surface area contributed by atoms with E-state index in [1.54, 1.807) is 19.5 Å². The average Bonchev–Trinajstić information content (AvgIpc) is 2.55. The van der Waals surface area contributed by atoms with Crippen molar-refractivity contribution < 1.29 is 9.47 Å². The van der Waals surface area contributed by atoms with Gasteiger partial charge < -0.3 is 20.1 Å². The molecule has 0 bridgehead atoms. The summed E-state index contributed by atoms with van der Waals surface area (Å²) in [4.78, 5) is 15.1. The Morgan fingerprint density at radius 2 is 2.05 bits per heavy atom. The van der Waals surface area contributed by atoms with Gasteiger partial charge in [-0.1, -0.05) is 0 Å². The zero-order chi connectivity index (χ0) is 15.4. The normalized spacial score (nSPS) is 16.3. The number of anilines is 2. The third-order valence-electron chi connectivity index (χ3n) is 3.88. The van der Waals surface area contributed by atoms with Crippen LogP contribution in [-0.2, 0) is 9.47 Å². The molecule has 0 saturated carbocycles. The Kier molecular flexibility index (Phi) is 4.65. The van der Waals surface area contributed by atoms with E-state index in [0.29, 0.717) is 30.8 Å². The molecule has 22 heavy (non-hydrogen) atoms. The lowest BCUT2D eigenvalue weighted by Crippen LogP contribution is -2.38. The molecule has 0 amide bonds. The van der Waals surface area contributed by atoms with Crippen LogP contribution in [0.25, 0.3) is 11.0 Å². The minimum absolute atomic E-state index is 0.299. The fraction of sp³-hybridized carbons (Fsp3) is 0.533. The van der Waals surface area contributed by atoms with Gasteiger partial charge in [-0.2, -0.15) is 0 Å². The molecule has 0 aliphatic carbocycles. The number of hydrogen-bond acceptors (Lipinski definition) is 7. The summed E-state index contributed by atoms with van der Waals surface area (Å²) in [6.45, 7) is 3.12. The smallest absolute Gasteiger partial charge is 0.166 e. The maximum Gasteiger partial charge on any atom is 0.166 e. The van der Waals surface area contributed by atoms with Crippen LogP contribution >= 0.6 is 0 Å². The number of rotatable bonds is 5. The molecule has 1 saturated heterocycles. The van der Waals surface area contributed by atoms with E-state index in [1.807, 2.05) is 6.07 Å². The first-order valence-electron chi connectivity index (χ1n) is 7.50. The molecular formula is C15H21N5O2. The summed E-state index contributed by atoms with van der Waals surface area (Å²) in [7, 11) is 1.69. The predicted octanol–water partition coefficient (Wildman–Crippen LogP) is 1.24. The fourth-order valence-corrected chi connectivity index (χ4v) is 2.73. The Morgan fingerprint density at radius 1 is 1.23 bits per heavy atom. The second-order valence-electron chi connectivity index (χ2n) is 5.35. The summed E-state index contributed by atoms with van der Waals surface area (Å²) >= 11 is 0. The highest BCUT2D eigenvalue weighted by molar-refractivity contribution is 5.87. The maximum absolute atomic E-state index is 5.80. The minimum Gasteiger partial charge on any atom is -0.384 e. The number of piperidine rings is 1. The fourth-order valence-electron chi connectivity index (χ4n) is 2.73. The van der Waals surface area contributed by atoms with Crippen LogP contribution in [0.1, 0.15) is 12.8 Å². The first-order valence-corrected chi connectivity index (χ1v) is 7.50. The van der Waals surface area contributed by atoms with E-state index >= 15 is 0 Å². The van der Waals surface area contributed by atoms with E-state index in [1.165, 1.54) is 0 Å². The van der Waals surface area contributed by atoms with Crippen LogP contribution in [0.4, 0.5) is 11.6 Å². The SMILES string of the molecule is COCCOC1CCN(c2ncnc3nc(N)ccc23)CC1. The molecule has 0 unspecified atom stereocenters. The predicted molar refractivity (Wildman–Crippen MR) is 84.8 cm³/mol. The number of aromatic nitrogens is 3. The van der Waals surface area contributed by atoms with Crippen LogP contribution in [0.5, 0.6) is 0 Å². The Balaban J connectivity index is 1.69. The van der Waals surface area contributed by atoms with Crippen molar-refractivity contribution in [1.29, 1.82) is 0 Å². The molecule has 3 rings (SSSR count). The largest absolute Gasteiger partial charge is 0.384 e. The molecule has 0 aromatic carbocycles. The van der Waals surface area contributed by atoms with Gasteiger partial charge in [-0.25, -0.2) is 15.0 Å². The van der Waals surface area contributed by atoms with Crippen LogP contribution < -0.4 is 10.6 Å². The van der Waals surface area contributed by atoms with Gasteiger partial charge in [-0.15, -0.1) is 0 Å². The van der Waals surface area contributed by atoms with Crippen molar-refractivity contribution in [3.05, 3.63) is 18.5 Å². The van der Waals surface area contributed by atoms with Crippen molar-refractivity contribution in [2.75, 3.05) is 44.0 Å². The van der Waals surface area contributed by atoms with E-state index < -0.39 is 0 Å². The molecule has 7 heteroatoms. The number of nitrogen functional groups attached to an aromatic ring is 1. The molecule has 2 aromatic rings. The van der Waals surface area contributed by atoms with Gasteiger partial charge in [0.15, 0.2) is 5.65 Å². The van der Waals surface area contributed by atoms with Crippen molar-refractivity contribution >= 4 is 22.7 Å². The van der Waals surface area contributed by atoms with Crippen molar-refractivity contribution in [3.63, 3.8) is 0 Å². The molecule has 1 aliphatic rings. The van der Waals surface area contributed by atoms with Crippen LogP contribution in [-0.4, -0.2) is 54.5 Å². The molecule has 2 aromatic heterocycles. The molecular weight excluding hydrogens is 282 g/mol. The van der Waals surface area contributed by atoms with Crippen molar-refractivity contribution in [2.24, 2.45) is 0 Å². The lowest BCUT2D eigenvalue weighted by molar-refractivity contribution is 0.00607. The van der Waals surface area contributed by atoms with Gasteiger partial charge in [-0.3, -0.25) is 0 Å². The highest BCUT2D eigenvalue weighted by atomic mass is 16.5. The number of hydrogen-bond donors (Lipinski definition) is 1. The van der Waals surface area contributed by atoms with E-state index in [9.17, 15) is 0 Å². The summed E-state index contributed by atoms with van der Waals surface area (Å²) in [5, 5.41) is 0.940. The van der Waals surface area contributed by atoms with Crippen LogP contribution in [0.15, 0.2) is 18.5 Å². The molecule has 1 aliphatic heterocycles. The second-order valence-corrected chi connectivity index (χ2v) is 5.35. The number of fused-ring (bicyclic) bond motifs is 1. The van der Waals surface area contributed by atoms with Crippen molar-refractivity contribution in [1.82, 2.24) is 15.0 Å². The summed E-state index contributed by atoms with van der Waals surface area (Å²) < 4.78 is 10.8. The molecule has 7 nitrogen and oxygen atoms in total. The number of methoxy groups -OCH3 is 1. The zero-order valence-electron chi connectivity index (χ0n) is 12.7. The number of pyridine rings is 1. The summed E-state index contributed by atoms with van der Waals surface area (Å²) in [6, 6.07) is 3.73. The summed E-state index contributed by atoms with van der Waals surface area (Å²) in [5.74, 6) is 1.40. The van der Waals surface area contributed by atoms with Gasteiger partial charge in [0.1, 0.15) is 18.0 Å². The zero-order valence-corrected chi connectivity index (χ0v) is 12.7. The molecule has 118 valence electrons. The van der Waals surface area contributed by atoms with Gasteiger partial charge in [0.05, 0.1) is 24.7 Å². The quantitative estimate of drug-likeness (QED) is 0.831. The minimum atomic E-state index is 0.299. The Morgan fingerprint density at radius 3 is 2.82 bits per heavy atom. The van der Waals surface area contributed by atoms with E-state index in [2.05, 4.69) is 19.9 Å². The first kappa shape index (κ1) is 14.9. The lowest BCUT2D eigenvalue weighted by Gasteiger charge is -2.33. The molecule has 2 N–H and O–H groups in total. The first-order chi connectivity index (χ1) is 10.8. The molecule has 3 heterocycles. The Hall–Kier alpha value is -1.99. The molecule has 0 spiro atoms. The topological polar surface area (TPSA) is 86.4 Å². The van der Waals surface area contributed by atoms with Crippen molar-refractivity contribution in [2.45, 2.75) is 18.9 Å².